The van der Waals surface area contributed by atoms with E-state index < -0.39 is 0 Å². The largest absolute Gasteiger partial charge is 0.487 e. The molecule has 0 saturated heterocycles. The number of nitrogens with zero attached hydrogens (tertiary/aromatic N) is 2. The molecule has 0 aliphatic carbocycles. The molecule has 0 radical (unpaired) electrons. The minimum atomic E-state index is 0.382. The van der Waals surface area contributed by atoms with E-state index in [4.69, 9.17) is 24.4 Å². The molecule has 0 unspecified atom stereocenters. The van der Waals surface area contributed by atoms with Gasteiger partial charge in [-0.3, -0.25) is 5.41 Å². The highest BCUT2D eigenvalue weighted by Gasteiger charge is 2.13. The Balaban J connectivity index is 1.94. The first-order valence-corrected chi connectivity index (χ1v) is 9.65. The third-order valence-electron chi connectivity index (χ3n) is 4.20. The highest BCUT2D eigenvalue weighted by atomic mass is 16.5. The van der Waals surface area contributed by atoms with Crippen LogP contribution < -0.4 is 14.8 Å². The lowest BCUT2D eigenvalue weighted by Crippen LogP contribution is -2.09. The van der Waals surface area contributed by atoms with E-state index >= 15 is 0 Å². The van der Waals surface area contributed by atoms with E-state index in [2.05, 4.69) is 27.1 Å². The van der Waals surface area contributed by atoms with Crippen molar-refractivity contribution in [1.29, 1.82) is 5.41 Å². The fourth-order valence-electron chi connectivity index (χ4n) is 2.79. The van der Waals surface area contributed by atoms with Gasteiger partial charge in [0, 0.05) is 36.9 Å². The summed E-state index contributed by atoms with van der Waals surface area (Å²) in [5, 5.41) is 11.2. The molecule has 8 heteroatoms. The van der Waals surface area contributed by atoms with Crippen molar-refractivity contribution in [2.24, 2.45) is 0 Å². The van der Waals surface area contributed by atoms with Crippen molar-refractivity contribution in [3.05, 3.63) is 48.3 Å². The Morgan fingerprint density at radius 2 is 1.71 bits per heavy atom. The third-order valence-corrected chi connectivity index (χ3v) is 4.20. The molecule has 0 bridgehead atoms. The number of benzene rings is 2. The van der Waals surface area contributed by atoms with Gasteiger partial charge < -0.3 is 24.3 Å². The maximum Gasteiger partial charge on any atom is 0.163 e. The molecule has 0 amide bonds. The maximum atomic E-state index is 7.06. The number of nitrogens with one attached hydrogen (secondary N) is 2. The summed E-state index contributed by atoms with van der Waals surface area (Å²) in [6, 6.07) is 11.3. The van der Waals surface area contributed by atoms with Crippen LogP contribution in [0.3, 0.4) is 0 Å². The van der Waals surface area contributed by atoms with Gasteiger partial charge in [-0.15, -0.1) is 0 Å². The first-order chi connectivity index (χ1) is 15.2. The van der Waals surface area contributed by atoms with Crippen molar-refractivity contribution in [2.75, 3.05) is 46.0 Å². The molecule has 2 aromatic carbocycles. The van der Waals surface area contributed by atoms with Crippen molar-refractivity contribution in [3.63, 3.8) is 0 Å². The van der Waals surface area contributed by atoms with Gasteiger partial charge in [0.1, 0.15) is 25.4 Å². The first kappa shape index (κ1) is 22.0. The summed E-state index contributed by atoms with van der Waals surface area (Å²) in [7, 11) is 3.24. The fourth-order valence-corrected chi connectivity index (χ4v) is 2.79. The lowest BCUT2D eigenvalue weighted by atomic mass is 10.1. The van der Waals surface area contributed by atoms with Crippen molar-refractivity contribution in [3.8, 4) is 23.3 Å². The molecular formula is C23H24N4O4. The number of methoxy groups -OCH3 is 2. The number of hydrogen-bond acceptors (Lipinski definition) is 8. The molecule has 0 aliphatic heterocycles. The zero-order valence-electron chi connectivity index (χ0n) is 17.5. The Labute approximate surface area is 181 Å². The highest BCUT2D eigenvalue weighted by molar-refractivity contribution is 5.93. The molecule has 160 valence electrons. The van der Waals surface area contributed by atoms with Crippen LogP contribution in [0.5, 0.6) is 11.5 Å². The van der Waals surface area contributed by atoms with Gasteiger partial charge in [0.2, 0.25) is 0 Å². The number of ether oxygens (including phenoxy) is 4. The SMILES string of the molecule is COCCOc1cc2ncnc(Nc3cccc(C#CC=N)c3)c2cc1OCCOC. The summed E-state index contributed by atoms with van der Waals surface area (Å²) in [5.41, 5.74) is 2.33. The van der Waals surface area contributed by atoms with Crippen LogP contribution in [0.4, 0.5) is 11.5 Å². The quantitative estimate of drug-likeness (QED) is 0.295. The molecule has 0 saturated carbocycles. The Bertz CT molecular complexity index is 1090. The van der Waals surface area contributed by atoms with Crippen LogP contribution in [0.1, 0.15) is 5.56 Å². The Hall–Kier alpha value is -3.67. The van der Waals surface area contributed by atoms with Gasteiger partial charge in [-0.2, -0.15) is 0 Å². The van der Waals surface area contributed by atoms with Crippen LogP contribution in [0.2, 0.25) is 0 Å². The molecule has 0 fully saturated rings. The predicted octanol–water partition coefficient (Wildman–Crippen LogP) is 3.42. The van der Waals surface area contributed by atoms with E-state index in [1.807, 2.05) is 36.4 Å². The number of anilines is 2. The lowest BCUT2D eigenvalue weighted by molar-refractivity contribution is 0.132. The van der Waals surface area contributed by atoms with E-state index in [9.17, 15) is 0 Å². The summed E-state index contributed by atoms with van der Waals surface area (Å²) in [5.74, 6) is 7.31. The van der Waals surface area contributed by atoms with Crippen LogP contribution in [0.25, 0.3) is 10.9 Å². The highest BCUT2D eigenvalue weighted by Crippen LogP contribution is 2.35. The van der Waals surface area contributed by atoms with Crippen molar-refractivity contribution in [2.45, 2.75) is 0 Å². The summed E-state index contributed by atoms with van der Waals surface area (Å²) in [6.07, 6.45) is 2.56. The molecule has 0 atom stereocenters. The van der Waals surface area contributed by atoms with Gasteiger partial charge >= 0.3 is 0 Å². The minimum Gasteiger partial charge on any atom is -0.487 e. The molecule has 31 heavy (non-hydrogen) atoms. The van der Waals surface area contributed by atoms with E-state index in [1.54, 1.807) is 14.2 Å². The minimum absolute atomic E-state index is 0.382. The number of fused-ring (bicyclic) bond motifs is 1. The van der Waals surface area contributed by atoms with Crippen LogP contribution in [0.15, 0.2) is 42.7 Å². The monoisotopic (exact) mass is 420 g/mol. The predicted molar refractivity (Wildman–Crippen MR) is 120 cm³/mol. The summed E-state index contributed by atoms with van der Waals surface area (Å²) < 4.78 is 21.8. The maximum absolute atomic E-state index is 7.06. The Kier molecular flexibility index (Phi) is 8.17. The topological polar surface area (TPSA) is 98.6 Å². The zero-order chi connectivity index (χ0) is 21.9. The fraction of sp³-hybridized carbons (Fsp3) is 0.261. The summed E-state index contributed by atoms with van der Waals surface area (Å²) >= 11 is 0. The molecule has 3 aromatic rings. The molecule has 1 aromatic heterocycles. The number of rotatable bonds is 10. The Morgan fingerprint density at radius 3 is 2.42 bits per heavy atom. The molecule has 1 heterocycles. The third kappa shape index (κ3) is 6.15. The van der Waals surface area contributed by atoms with Crippen molar-refractivity contribution >= 4 is 28.6 Å². The lowest BCUT2D eigenvalue weighted by Gasteiger charge is -2.15. The molecule has 0 aliphatic rings. The average molecular weight is 420 g/mol. The second-order valence-electron chi connectivity index (χ2n) is 6.34. The molecular weight excluding hydrogens is 396 g/mol. The molecule has 3 rings (SSSR count). The number of aromatic nitrogens is 2. The van der Waals surface area contributed by atoms with E-state index in [0.717, 1.165) is 22.9 Å². The van der Waals surface area contributed by atoms with Gasteiger partial charge in [-0.1, -0.05) is 17.9 Å². The normalized spacial score (nSPS) is 10.3. The van der Waals surface area contributed by atoms with Gasteiger partial charge in [-0.05, 0) is 24.3 Å². The Morgan fingerprint density at radius 1 is 0.968 bits per heavy atom. The second-order valence-corrected chi connectivity index (χ2v) is 6.34. The molecule has 8 nitrogen and oxygen atoms in total. The van der Waals surface area contributed by atoms with Crippen molar-refractivity contribution < 1.29 is 18.9 Å². The van der Waals surface area contributed by atoms with Gasteiger partial charge in [0.15, 0.2) is 11.5 Å². The standard InChI is InChI=1S/C23H24N4O4/c1-28-9-11-30-21-14-19-20(15-22(21)31-12-10-29-2)25-16-26-23(19)27-18-7-3-5-17(13-18)6-4-8-24/h3,5,7-8,13-16,24H,9-12H2,1-2H3,(H,25,26,27). The van der Waals surface area contributed by atoms with E-state index in [-0.39, 0.29) is 0 Å². The van der Waals surface area contributed by atoms with Crippen LogP contribution >= 0.6 is 0 Å². The summed E-state index contributed by atoms with van der Waals surface area (Å²) in [6.45, 7) is 1.69. The van der Waals surface area contributed by atoms with Crippen LogP contribution in [-0.4, -0.2) is 56.8 Å². The smallest absolute Gasteiger partial charge is 0.163 e. The van der Waals surface area contributed by atoms with Crippen LogP contribution in [-0.2, 0) is 9.47 Å². The molecule has 0 spiro atoms. The second kappa shape index (κ2) is 11.5. The van der Waals surface area contributed by atoms with Crippen molar-refractivity contribution in [1.82, 2.24) is 9.97 Å². The summed E-state index contributed by atoms with van der Waals surface area (Å²) in [4.78, 5) is 8.78. The zero-order valence-corrected chi connectivity index (χ0v) is 17.5. The molecule has 2 N–H and O–H groups in total. The number of hydrogen-bond donors (Lipinski definition) is 2. The average Bonchev–Trinajstić information content (AvgIpc) is 2.79. The first-order valence-electron chi connectivity index (χ1n) is 9.65. The van der Waals surface area contributed by atoms with Gasteiger partial charge in [0.25, 0.3) is 0 Å². The van der Waals surface area contributed by atoms with E-state index in [0.29, 0.717) is 49.3 Å². The van der Waals surface area contributed by atoms with Crippen LogP contribution in [0, 0.1) is 17.3 Å². The van der Waals surface area contributed by atoms with E-state index in [1.165, 1.54) is 6.33 Å². The van der Waals surface area contributed by atoms with Gasteiger partial charge in [-0.25, -0.2) is 9.97 Å². The van der Waals surface area contributed by atoms with Gasteiger partial charge in [0.05, 0.1) is 24.9 Å².